The zero-order chi connectivity index (χ0) is 13.8. The molecule has 0 bridgehead atoms. The molecule has 19 heavy (non-hydrogen) atoms. The fourth-order valence-electron chi connectivity index (χ4n) is 2.25. The maximum absolute atomic E-state index is 5.70. The minimum atomic E-state index is 0.510. The molecule has 108 valence electrons. The standard InChI is InChI=1S/C16H28N2O/c1-12(2)17-9-15-7-8-19-16(15)11-18(13(3)4)10-14-5-6-14/h7-8,12-14,17H,5-6,9-11H2,1-4H3. The van der Waals surface area contributed by atoms with Crippen LogP contribution in [0.25, 0.3) is 0 Å². The van der Waals surface area contributed by atoms with E-state index >= 15 is 0 Å². The molecule has 1 aliphatic rings. The molecule has 1 aliphatic carbocycles. The van der Waals surface area contributed by atoms with Crippen molar-refractivity contribution in [2.75, 3.05) is 6.54 Å². The highest BCUT2D eigenvalue weighted by Gasteiger charge is 2.26. The van der Waals surface area contributed by atoms with E-state index in [4.69, 9.17) is 4.42 Å². The van der Waals surface area contributed by atoms with Gasteiger partial charge in [0, 0.05) is 30.7 Å². The van der Waals surface area contributed by atoms with Crippen LogP contribution in [-0.2, 0) is 13.1 Å². The van der Waals surface area contributed by atoms with Crippen molar-refractivity contribution in [3.8, 4) is 0 Å². The topological polar surface area (TPSA) is 28.4 Å². The van der Waals surface area contributed by atoms with Crippen LogP contribution in [0.1, 0.15) is 51.9 Å². The molecule has 0 amide bonds. The van der Waals surface area contributed by atoms with Crippen LogP contribution in [0.15, 0.2) is 16.7 Å². The predicted octanol–water partition coefficient (Wildman–Crippen LogP) is 3.40. The van der Waals surface area contributed by atoms with E-state index in [-0.39, 0.29) is 0 Å². The van der Waals surface area contributed by atoms with Gasteiger partial charge in [0.1, 0.15) is 5.76 Å². The van der Waals surface area contributed by atoms with Gasteiger partial charge in [-0.3, -0.25) is 4.90 Å². The summed E-state index contributed by atoms with van der Waals surface area (Å²) < 4.78 is 5.70. The lowest BCUT2D eigenvalue weighted by atomic mass is 10.2. The number of rotatable bonds is 8. The minimum absolute atomic E-state index is 0.510. The molecule has 0 aliphatic heterocycles. The third-order valence-electron chi connectivity index (χ3n) is 3.81. The SMILES string of the molecule is CC(C)NCc1ccoc1CN(CC1CC1)C(C)C. The Hall–Kier alpha value is -0.800. The van der Waals surface area contributed by atoms with E-state index in [0.29, 0.717) is 12.1 Å². The molecule has 0 atom stereocenters. The maximum atomic E-state index is 5.70. The van der Waals surface area contributed by atoms with Gasteiger partial charge in [0.2, 0.25) is 0 Å². The van der Waals surface area contributed by atoms with Gasteiger partial charge in [-0.25, -0.2) is 0 Å². The van der Waals surface area contributed by atoms with Crippen LogP contribution in [0, 0.1) is 5.92 Å². The summed E-state index contributed by atoms with van der Waals surface area (Å²) in [4.78, 5) is 2.54. The lowest BCUT2D eigenvalue weighted by Gasteiger charge is -2.26. The number of nitrogens with one attached hydrogen (secondary N) is 1. The van der Waals surface area contributed by atoms with Crippen LogP contribution in [0.2, 0.25) is 0 Å². The summed E-state index contributed by atoms with van der Waals surface area (Å²) in [5.74, 6) is 2.05. The third-order valence-corrected chi connectivity index (χ3v) is 3.81. The molecular formula is C16H28N2O. The van der Waals surface area contributed by atoms with Crippen molar-refractivity contribution in [1.82, 2.24) is 10.2 Å². The highest BCUT2D eigenvalue weighted by Crippen LogP contribution is 2.31. The second kappa shape index (κ2) is 6.58. The van der Waals surface area contributed by atoms with Crippen LogP contribution in [0.3, 0.4) is 0 Å². The molecule has 1 saturated carbocycles. The summed E-state index contributed by atoms with van der Waals surface area (Å²) in [6.45, 7) is 12.0. The van der Waals surface area contributed by atoms with E-state index < -0.39 is 0 Å². The molecule has 0 unspecified atom stereocenters. The van der Waals surface area contributed by atoms with Crippen molar-refractivity contribution < 1.29 is 4.42 Å². The van der Waals surface area contributed by atoms with E-state index in [1.807, 2.05) is 6.26 Å². The van der Waals surface area contributed by atoms with Crippen molar-refractivity contribution >= 4 is 0 Å². The van der Waals surface area contributed by atoms with Gasteiger partial charge in [-0.15, -0.1) is 0 Å². The molecule has 1 aromatic heterocycles. The Morgan fingerprint density at radius 2 is 2.05 bits per heavy atom. The molecule has 1 heterocycles. The summed E-state index contributed by atoms with van der Waals surface area (Å²) in [5.41, 5.74) is 1.30. The van der Waals surface area contributed by atoms with E-state index in [1.165, 1.54) is 24.9 Å². The van der Waals surface area contributed by atoms with E-state index in [0.717, 1.165) is 24.8 Å². The summed E-state index contributed by atoms with van der Waals surface area (Å²) in [7, 11) is 0. The second-order valence-corrected chi connectivity index (χ2v) is 6.37. The summed E-state index contributed by atoms with van der Waals surface area (Å²) in [6.07, 6.45) is 4.63. The average Bonchev–Trinajstić information content (AvgIpc) is 3.04. The Kier molecular flexibility index (Phi) is 5.06. The van der Waals surface area contributed by atoms with Gasteiger partial charge < -0.3 is 9.73 Å². The van der Waals surface area contributed by atoms with Crippen molar-refractivity contribution in [3.63, 3.8) is 0 Å². The van der Waals surface area contributed by atoms with Crippen LogP contribution in [0.4, 0.5) is 0 Å². The Balaban J connectivity index is 1.93. The molecule has 0 spiro atoms. The van der Waals surface area contributed by atoms with Crippen molar-refractivity contribution in [2.24, 2.45) is 5.92 Å². The number of nitrogens with zero attached hydrogens (tertiary/aromatic N) is 1. The lowest BCUT2D eigenvalue weighted by Crippen LogP contribution is -2.32. The Morgan fingerprint density at radius 3 is 2.63 bits per heavy atom. The molecule has 0 aromatic carbocycles. The number of hydrogen-bond acceptors (Lipinski definition) is 3. The Bertz CT molecular complexity index is 380. The third kappa shape index (κ3) is 4.66. The molecule has 0 saturated heterocycles. The van der Waals surface area contributed by atoms with Gasteiger partial charge in [0.15, 0.2) is 0 Å². The van der Waals surface area contributed by atoms with E-state index in [1.54, 1.807) is 0 Å². The van der Waals surface area contributed by atoms with Gasteiger partial charge in [-0.2, -0.15) is 0 Å². The highest BCUT2D eigenvalue weighted by atomic mass is 16.3. The van der Waals surface area contributed by atoms with Crippen molar-refractivity contribution in [1.29, 1.82) is 0 Å². The quantitative estimate of drug-likeness (QED) is 0.780. The van der Waals surface area contributed by atoms with E-state index in [2.05, 4.69) is 44.0 Å². The second-order valence-electron chi connectivity index (χ2n) is 6.37. The van der Waals surface area contributed by atoms with Crippen LogP contribution in [-0.4, -0.2) is 23.5 Å². The largest absolute Gasteiger partial charge is 0.468 e. The normalized spacial score (nSPS) is 15.9. The number of hydrogen-bond donors (Lipinski definition) is 1. The fourth-order valence-corrected chi connectivity index (χ4v) is 2.25. The van der Waals surface area contributed by atoms with Crippen LogP contribution in [0.5, 0.6) is 0 Å². The molecular weight excluding hydrogens is 236 g/mol. The number of furan rings is 1. The van der Waals surface area contributed by atoms with Gasteiger partial charge in [-0.05, 0) is 38.7 Å². The highest BCUT2D eigenvalue weighted by molar-refractivity contribution is 5.17. The van der Waals surface area contributed by atoms with Gasteiger partial charge in [-0.1, -0.05) is 13.8 Å². The summed E-state index contributed by atoms with van der Waals surface area (Å²) >= 11 is 0. The lowest BCUT2D eigenvalue weighted by molar-refractivity contribution is 0.187. The minimum Gasteiger partial charge on any atom is -0.468 e. The maximum Gasteiger partial charge on any atom is 0.122 e. The van der Waals surface area contributed by atoms with Gasteiger partial charge in [0.05, 0.1) is 12.8 Å². The Morgan fingerprint density at radius 1 is 1.32 bits per heavy atom. The van der Waals surface area contributed by atoms with Gasteiger partial charge >= 0.3 is 0 Å². The van der Waals surface area contributed by atoms with E-state index in [9.17, 15) is 0 Å². The zero-order valence-electron chi connectivity index (χ0n) is 12.8. The van der Waals surface area contributed by atoms with Crippen molar-refractivity contribution in [2.45, 2.75) is 65.7 Å². The molecule has 1 N–H and O–H groups in total. The molecule has 2 rings (SSSR count). The Labute approximate surface area is 117 Å². The predicted molar refractivity (Wildman–Crippen MR) is 79.0 cm³/mol. The molecule has 3 heteroatoms. The molecule has 0 radical (unpaired) electrons. The molecule has 3 nitrogen and oxygen atoms in total. The first-order chi connectivity index (χ1) is 9.06. The smallest absolute Gasteiger partial charge is 0.122 e. The zero-order valence-corrected chi connectivity index (χ0v) is 12.8. The summed E-state index contributed by atoms with van der Waals surface area (Å²) in [5, 5.41) is 3.47. The first-order valence-corrected chi connectivity index (χ1v) is 7.59. The summed E-state index contributed by atoms with van der Waals surface area (Å²) in [6, 6.07) is 3.19. The average molecular weight is 264 g/mol. The molecule has 1 fully saturated rings. The fraction of sp³-hybridized carbons (Fsp3) is 0.750. The first kappa shape index (κ1) is 14.6. The monoisotopic (exact) mass is 264 g/mol. The first-order valence-electron chi connectivity index (χ1n) is 7.59. The van der Waals surface area contributed by atoms with Crippen molar-refractivity contribution in [3.05, 3.63) is 23.7 Å². The van der Waals surface area contributed by atoms with Crippen LogP contribution < -0.4 is 5.32 Å². The van der Waals surface area contributed by atoms with Gasteiger partial charge in [0.25, 0.3) is 0 Å². The van der Waals surface area contributed by atoms with Crippen LogP contribution >= 0.6 is 0 Å². The molecule has 1 aromatic rings.